The van der Waals surface area contributed by atoms with Gasteiger partial charge < -0.3 is 15.5 Å². The predicted octanol–water partition coefficient (Wildman–Crippen LogP) is 6.56. The number of piperidine rings is 2. The molecule has 3 nitrogen and oxygen atoms in total. The lowest BCUT2D eigenvalue weighted by Crippen LogP contribution is -2.34. The van der Waals surface area contributed by atoms with E-state index >= 15 is 0 Å². The summed E-state index contributed by atoms with van der Waals surface area (Å²) in [6, 6.07) is 6.48. The normalized spacial score (nSPS) is 22.5. The molecule has 178 valence electrons. The Morgan fingerprint density at radius 2 is 1.85 bits per heavy atom. The third kappa shape index (κ3) is 6.13. The van der Waals surface area contributed by atoms with Crippen LogP contribution in [0.4, 0.5) is 0 Å². The molecule has 4 heteroatoms. The summed E-state index contributed by atoms with van der Waals surface area (Å²) in [6.07, 6.45) is 13.2. The lowest BCUT2D eigenvalue weighted by molar-refractivity contribution is 0.205. The minimum atomic E-state index is 0.804. The van der Waals surface area contributed by atoms with Crippen LogP contribution in [0, 0.1) is 5.92 Å². The number of allylic oxidation sites excluding steroid dienone is 5. The van der Waals surface area contributed by atoms with E-state index in [-0.39, 0.29) is 0 Å². The van der Waals surface area contributed by atoms with Gasteiger partial charge in [0.15, 0.2) is 0 Å². The average molecular weight is 466 g/mol. The van der Waals surface area contributed by atoms with Crippen LogP contribution in [0.3, 0.4) is 0 Å². The van der Waals surface area contributed by atoms with Crippen molar-refractivity contribution in [3.05, 3.63) is 75.6 Å². The number of nitrogens with zero attached hydrogens (tertiary/aromatic N) is 2. The van der Waals surface area contributed by atoms with Crippen molar-refractivity contribution in [2.75, 3.05) is 33.2 Å². The zero-order valence-corrected chi connectivity index (χ0v) is 21.3. The first kappa shape index (κ1) is 24.2. The molecule has 0 aromatic heterocycles. The molecule has 1 aromatic rings. The van der Waals surface area contributed by atoms with Crippen LogP contribution in [-0.2, 0) is 6.42 Å². The van der Waals surface area contributed by atoms with Gasteiger partial charge in [-0.1, -0.05) is 41.5 Å². The Balaban J connectivity index is 1.50. The number of rotatable bonds is 4. The molecule has 0 amide bonds. The van der Waals surface area contributed by atoms with Crippen LogP contribution >= 0.6 is 11.6 Å². The molecule has 3 aliphatic rings. The van der Waals surface area contributed by atoms with Crippen LogP contribution in [0.1, 0.15) is 63.0 Å². The molecule has 0 unspecified atom stereocenters. The van der Waals surface area contributed by atoms with Crippen molar-refractivity contribution in [2.45, 2.75) is 58.3 Å². The molecular weight excluding hydrogens is 426 g/mol. The summed E-state index contributed by atoms with van der Waals surface area (Å²) in [4.78, 5) is 5.00. The number of likely N-dealkylation sites (tertiary alicyclic amines) is 2. The van der Waals surface area contributed by atoms with Gasteiger partial charge in [-0.3, -0.25) is 0 Å². The van der Waals surface area contributed by atoms with E-state index in [1.54, 1.807) is 11.8 Å². The van der Waals surface area contributed by atoms with E-state index in [4.69, 9.17) is 17.3 Å². The maximum absolute atomic E-state index is 6.37. The van der Waals surface area contributed by atoms with E-state index in [9.17, 15) is 0 Å². The monoisotopic (exact) mass is 465 g/mol. The number of fused-ring (bicyclic) bond motifs is 1. The van der Waals surface area contributed by atoms with Crippen LogP contribution in [-0.4, -0.2) is 43.0 Å². The third-order valence-corrected chi connectivity index (χ3v) is 8.04. The van der Waals surface area contributed by atoms with Crippen molar-refractivity contribution >= 4 is 17.2 Å². The predicted molar refractivity (Wildman–Crippen MR) is 142 cm³/mol. The number of nitrogens with two attached hydrogens (primary N) is 1. The molecule has 33 heavy (non-hydrogen) atoms. The van der Waals surface area contributed by atoms with E-state index in [1.807, 2.05) is 0 Å². The quantitative estimate of drug-likeness (QED) is 0.511. The van der Waals surface area contributed by atoms with Crippen molar-refractivity contribution in [1.82, 2.24) is 9.80 Å². The van der Waals surface area contributed by atoms with Gasteiger partial charge in [-0.2, -0.15) is 0 Å². The number of aryl methyl sites for hydroxylation is 1. The Morgan fingerprint density at radius 1 is 1.12 bits per heavy atom. The molecule has 2 fully saturated rings. The Bertz CT molecular complexity index is 953. The number of hydrogen-bond donors (Lipinski definition) is 1. The highest BCUT2D eigenvalue weighted by Gasteiger charge is 2.24. The van der Waals surface area contributed by atoms with E-state index in [0.717, 1.165) is 61.7 Å². The second-order valence-electron chi connectivity index (χ2n) is 10.3. The fraction of sp³-hybridized carbons (Fsp3) is 0.517. The maximum atomic E-state index is 6.37. The van der Waals surface area contributed by atoms with Gasteiger partial charge in [0, 0.05) is 23.8 Å². The lowest BCUT2D eigenvalue weighted by Gasteiger charge is -2.36. The van der Waals surface area contributed by atoms with Gasteiger partial charge in [0.1, 0.15) is 0 Å². The molecule has 0 bridgehead atoms. The van der Waals surface area contributed by atoms with Crippen LogP contribution in [0.5, 0.6) is 0 Å². The maximum Gasteiger partial charge on any atom is 0.0409 e. The summed E-state index contributed by atoms with van der Waals surface area (Å²) >= 11 is 6.37. The smallest absolute Gasteiger partial charge is 0.0409 e. The SMILES string of the molecule is C=C(CC1CCN(C)CC1)N1CCC(=C2C/C(=C\C(C)=C/N)CCc3cc(Cl)ccc32)CC1. The molecule has 2 heterocycles. The Hall–Kier alpha value is -1.97. The van der Waals surface area contributed by atoms with E-state index < -0.39 is 0 Å². The van der Waals surface area contributed by atoms with Gasteiger partial charge in [0.05, 0.1) is 0 Å². The number of benzene rings is 1. The molecule has 1 aromatic carbocycles. The first-order valence-corrected chi connectivity index (χ1v) is 13.0. The second kappa shape index (κ2) is 11.0. The second-order valence-corrected chi connectivity index (χ2v) is 10.7. The van der Waals surface area contributed by atoms with Gasteiger partial charge in [0.25, 0.3) is 0 Å². The minimum absolute atomic E-state index is 0.804. The molecule has 2 aliphatic heterocycles. The van der Waals surface area contributed by atoms with Gasteiger partial charge in [-0.05, 0) is 125 Å². The molecule has 2 N–H and O–H groups in total. The topological polar surface area (TPSA) is 32.5 Å². The fourth-order valence-electron chi connectivity index (χ4n) is 5.70. The first-order chi connectivity index (χ1) is 15.9. The van der Waals surface area contributed by atoms with Crippen molar-refractivity contribution in [3.8, 4) is 0 Å². The summed E-state index contributed by atoms with van der Waals surface area (Å²) in [6.45, 7) is 11.2. The van der Waals surface area contributed by atoms with Gasteiger partial charge >= 0.3 is 0 Å². The highest BCUT2D eigenvalue weighted by molar-refractivity contribution is 6.30. The van der Waals surface area contributed by atoms with Crippen molar-refractivity contribution in [1.29, 1.82) is 0 Å². The van der Waals surface area contributed by atoms with Crippen LogP contribution in [0.2, 0.25) is 5.02 Å². The summed E-state index contributed by atoms with van der Waals surface area (Å²) in [7, 11) is 2.23. The lowest BCUT2D eigenvalue weighted by atomic mass is 9.87. The van der Waals surface area contributed by atoms with Crippen molar-refractivity contribution in [3.63, 3.8) is 0 Å². The van der Waals surface area contributed by atoms with Crippen LogP contribution in [0.25, 0.3) is 5.57 Å². The number of hydrogen-bond acceptors (Lipinski definition) is 3. The summed E-state index contributed by atoms with van der Waals surface area (Å²) in [5, 5.41) is 0.837. The van der Waals surface area contributed by atoms with E-state index in [1.165, 1.54) is 60.3 Å². The standard InChI is InChI=1S/C29H40ClN3/c1-21(20-31)16-24-4-5-26-19-27(30)6-7-28(26)29(18-24)25-10-14-33(15-11-25)22(2)17-23-8-12-32(3)13-9-23/h6-7,16,19-20,23H,2,4-5,8-15,17-18,31H2,1,3H3/b21-20-,24-16-. The fourth-order valence-corrected chi connectivity index (χ4v) is 5.90. The first-order valence-electron chi connectivity index (χ1n) is 12.6. The largest absolute Gasteiger partial charge is 0.404 e. The van der Waals surface area contributed by atoms with Gasteiger partial charge in [0.2, 0.25) is 0 Å². The molecule has 0 saturated carbocycles. The molecule has 1 aliphatic carbocycles. The van der Waals surface area contributed by atoms with Crippen LogP contribution in [0.15, 0.2) is 59.5 Å². The zero-order chi connectivity index (χ0) is 23.4. The number of halogens is 1. The summed E-state index contributed by atoms with van der Waals surface area (Å²) in [5.41, 5.74) is 15.7. The molecule has 4 rings (SSSR count). The Kier molecular flexibility index (Phi) is 8.03. The summed E-state index contributed by atoms with van der Waals surface area (Å²) < 4.78 is 0. The highest BCUT2D eigenvalue weighted by Crippen LogP contribution is 2.39. The van der Waals surface area contributed by atoms with Gasteiger partial charge in [-0.15, -0.1) is 0 Å². The minimum Gasteiger partial charge on any atom is -0.404 e. The van der Waals surface area contributed by atoms with Crippen molar-refractivity contribution < 1.29 is 0 Å². The third-order valence-electron chi connectivity index (χ3n) is 7.81. The van der Waals surface area contributed by atoms with Crippen molar-refractivity contribution in [2.24, 2.45) is 11.7 Å². The van der Waals surface area contributed by atoms with E-state index in [0.29, 0.717) is 0 Å². The molecule has 0 spiro atoms. The van der Waals surface area contributed by atoms with E-state index in [2.05, 4.69) is 54.6 Å². The average Bonchev–Trinajstić information content (AvgIpc) is 2.99. The van der Waals surface area contributed by atoms with Gasteiger partial charge in [-0.25, -0.2) is 0 Å². The Labute approximate surface area is 205 Å². The summed E-state index contributed by atoms with van der Waals surface area (Å²) in [5.74, 6) is 0.804. The van der Waals surface area contributed by atoms with Crippen LogP contribution < -0.4 is 5.73 Å². The molecule has 0 radical (unpaired) electrons. The highest BCUT2D eigenvalue weighted by atomic mass is 35.5. The molecule has 0 atom stereocenters. The Morgan fingerprint density at radius 3 is 2.55 bits per heavy atom. The molecular formula is C29H40ClN3. The molecule has 2 saturated heterocycles. The zero-order valence-electron chi connectivity index (χ0n) is 20.5.